The summed E-state index contributed by atoms with van der Waals surface area (Å²) in [5.41, 5.74) is 0.920. The fourth-order valence-electron chi connectivity index (χ4n) is 1.97. The normalized spacial score (nSPS) is 10.6. The number of carboxylic acids is 1. The van der Waals surface area contributed by atoms with Crippen LogP contribution in [0, 0.1) is 0 Å². The Labute approximate surface area is 132 Å². The van der Waals surface area contributed by atoms with E-state index in [1.807, 2.05) is 30.3 Å². The lowest BCUT2D eigenvalue weighted by Crippen LogP contribution is -2.13. The van der Waals surface area contributed by atoms with Gasteiger partial charge in [0, 0.05) is 33.4 Å². The van der Waals surface area contributed by atoms with Crippen LogP contribution in [0.25, 0.3) is 0 Å². The molecule has 1 aromatic carbocycles. The third-order valence-electron chi connectivity index (χ3n) is 2.94. The number of halogens is 1. The average Bonchev–Trinajstić information content (AvgIpc) is 2.87. The third kappa shape index (κ3) is 4.46. The first-order valence-corrected chi connectivity index (χ1v) is 7.61. The summed E-state index contributed by atoms with van der Waals surface area (Å²) in [4.78, 5) is 12.6. The Morgan fingerprint density at radius 1 is 1.29 bits per heavy atom. The number of methoxy groups -OCH3 is 1. The lowest BCUT2D eigenvalue weighted by molar-refractivity contribution is -0.136. The van der Waals surface area contributed by atoms with Gasteiger partial charge >= 0.3 is 5.97 Å². The first-order valence-electron chi connectivity index (χ1n) is 6.41. The van der Waals surface area contributed by atoms with Crippen molar-refractivity contribution in [3.63, 3.8) is 0 Å². The van der Waals surface area contributed by atoms with E-state index in [1.54, 1.807) is 7.11 Å². The maximum atomic E-state index is 10.6. The Morgan fingerprint density at radius 3 is 2.76 bits per heavy atom. The summed E-state index contributed by atoms with van der Waals surface area (Å²) in [6.07, 6.45) is 0.0724. The fraction of sp³-hybridized carbons (Fsp3) is 0.267. The van der Waals surface area contributed by atoms with Gasteiger partial charge in [-0.1, -0.05) is 17.7 Å². The van der Waals surface area contributed by atoms with Crippen molar-refractivity contribution < 1.29 is 14.6 Å². The van der Waals surface area contributed by atoms with Crippen molar-refractivity contribution in [3.05, 3.63) is 50.7 Å². The van der Waals surface area contributed by atoms with E-state index < -0.39 is 5.97 Å². The third-order valence-corrected chi connectivity index (χ3v) is 4.38. The van der Waals surface area contributed by atoms with Gasteiger partial charge in [-0.15, -0.1) is 11.3 Å². The second-order valence-electron chi connectivity index (χ2n) is 4.46. The number of benzene rings is 1. The summed E-state index contributed by atoms with van der Waals surface area (Å²) >= 11 is 7.67. The molecule has 0 spiro atoms. The molecule has 0 aliphatic carbocycles. The summed E-state index contributed by atoms with van der Waals surface area (Å²) in [6.45, 7) is 1.26. The summed E-state index contributed by atoms with van der Waals surface area (Å²) in [5, 5.41) is 12.7. The smallest absolute Gasteiger partial charge is 0.308 e. The highest BCUT2D eigenvalue weighted by molar-refractivity contribution is 7.12. The number of hydrogen-bond donors (Lipinski definition) is 2. The zero-order valence-corrected chi connectivity index (χ0v) is 13.1. The predicted molar refractivity (Wildman–Crippen MR) is 84.2 cm³/mol. The highest BCUT2D eigenvalue weighted by Gasteiger charge is 2.08. The molecular weight excluding hydrogens is 310 g/mol. The first kappa shape index (κ1) is 15.8. The fourth-order valence-corrected chi connectivity index (χ4v) is 3.19. The van der Waals surface area contributed by atoms with Crippen LogP contribution in [-0.4, -0.2) is 18.2 Å². The molecule has 2 aromatic rings. The Balaban J connectivity index is 1.92. The minimum absolute atomic E-state index is 0.0724. The van der Waals surface area contributed by atoms with E-state index in [2.05, 4.69) is 5.32 Å². The average molecular weight is 326 g/mol. The molecule has 2 N–H and O–H groups in total. The Hall–Kier alpha value is -1.56. The van der Waals surface area contributed by atoms with E-state index in [-0.39, 0.29) is 6.42 Å². The van der Waals surface area contributed by atoms with Crippen LogP contribution in [0.2, 0.25) is 5.02 Å². The quantitative estimate of drug-likeness (QED) is 0.820. The summed E-state index contributed by atoms with van der Waals surface area (Å²) in [5.74, 6) is -0.0510. The molecule has 0 radical (unpaired) electrons. The van der Waals surface area contributed by atoms with Crippen LogP contribution in [0.1, 0.15) is 15.3 Å². The van der Waals surface area contributed by atoms with E-state index in [9.17, 15) is 4.79 Å². The van der Waals surface area contributed by atoms with E-state index in [1.165, 1.54) is 11.3 Å². The standard InChI is InChI=1S/C15H16ClNO3S/c1-20-14-4-2-3-13(16)12(14)9-17-8-11-6-5-10(21-11)7-15(18)19/h2-6,17H,7-9H2,1H3,(H,18,19). The van der Waals surface area contributed by atoms with E-state index in [0.29, 0.717) is 18.1 Å². The van der Waals surface area contributed by atoms with Gasteiger partial charge in [0.25, 0.3) is 0 Å². The molecule has 0 aliphatic rings. The van der Waals surface area contributed by atoms with Gasteiger partial charge in [0.1, 0.15) is 5.75 Å². The van der Waals surface area contributed by atoms with Crippen LogP contribution in [-0.2, 0) is 24.3 Å². The molecule has 0 bridgehead atoms. The Morgan fingerprint density at radius 2 is 2.05 bits per heavy atom. The van der Waals surface area contributed by atoms with E-state index >= 15 is 0 Å². The number of thiophene rings is 1. The van der Waals surface area contributed by atoms with Gasteiger partial charge in [-0.25, -0.2) is 0 Å². The molecule has 6 heteroatoms. The molecule has 0 atom stereocenters. The first-order chi connectivity index (χ1) is 10.1. The van der Waals surface area contributed by atoms with Gasteiger partial charge in [0.05, 0.1) is 13.5 Å². The van der Waals surface area contributed by atoms with E-state index in [4.69, 9.17) is 21.4 Å². The molecule has 112 valence electrons. The van der Waals surface area contributed by atoms with Gasteiger partial charge in [0.15, 0.2) is 0 Å². The summed E-state index contributed by atoms with van der Waals surface area (Å²) < 4.78 is 5.29. The number of ether oxygens (including phenoxy) is 1. The molecule has 21 heavy (non-hydrogen) atoms. The van der Waals surface area contributed by atoms with Crippen molar-refractivity contribution in [1.29, 1.82) is 0 Å². The largest absolute Gasteiger partial charge is 0.496 e. The molecule has 0 amide bonds. The number of hydrogen-bond acceptors (Lipinski definition) is 4. The molecule has 0 fully saturated rings. The van der Waals surface area contributed by atoms with Crippen LogP contribution >= 0.6 is 22.9 Å². The van der Waals surface area contributed by atoms with Crippen LogP contribution in [0.5, 0.6) is 5.75 Å². The summed E-state index contributed by atoms with van der Waals surface area (Å²) in [7, 11) is 1.62. The summed E-state index contributed by atoms with van der Waals surface area (Å²) in [6, 6.07) is 9.35. The zero-order valence-electron chi connectivity index (χ0n) is 11.6. The Bertz CT molecular complexity index is 627. The van der Waals surface area contributed by atoms with Crippen molar-refractivity contribution in [2.24, 2.45) is 0 Å². The number of carbonyl (C=O) groups is 1. The van der Waals surface area contributed by atoms with Crippen LogP contribution in [0.4, 0.5) is 0 Å². The highest BCUT2D eigenvalue weighted by Crippen LogP contribution is 2.26. The maximum Gasteiger partial charge on any atom is 0.308 e. The molecule has 0 aliphatic heterocycles. The maximum absolute atomic E-state index is 10.6. The van der Waals surface area contributed by atoms with Gasteiger partial charge in [-0.2, -0.15) is 0 Å². The van der Waals surface area contributed by atoms with Gasteiger partial charge in [-0.3, -0.25) is 4.79 Å². The van der Waals surface area contributed by atoms with Gasteiger partial charge in [0.2, 0.25) is 0 Å². The lowest BCUT2D eigenvalue weighted by Gasteiger charge is -2.10. The van der Waals surface area contributed by atoms with E-state index in [0.717, 1.165) is 21.1 Å². The predicted octanol–water partition coefficient (Wildman–Crippen LogP) is 3.33. The van der Waals surface area contributed by atoms with Crippen molar-refractivity contribution >= 4 is 28.9 Å². The number of nitrogens with one attached hydrogen (secondary N) is 1. The molecule has 0 saturated carbocycles. The van der Waals surface area contributed by atoms with Crippen molar-refractivity contribution in [2.45, 2.75) is 19.5 Å². The van der Waals surface area contributed by atoms with Crippen LogP contribution < -0.4 is 10.1 Å². The molecule has 1 aromatic heterocycles. The minimum atomic E-state index is -0.808. The molecule has 1 heterocycles. The number of rotatable bonds is 7. The topological polar surface area (TPSA) is 58.6 Å². The number of carboxylic acid groups (broad SMARTS) is 1. The second-order valence-corrected chi connectivity index (χ2v) is 6.12. The molecule has 4 nitrogen and oxygen atoms in total. The van der Waals surface area contributed by atoms with Crippen molar-refractivity contribution in [2.75, 3.05) is 7.11 Å². The molecule has 2 rings (SSSR count). The SMILES string of the molecule is COc1cccc(Cl)c1CNCc1ccc(CC(=O)O)s1. The van der Waals surface area contributed by atoms with Crippen molar-refractivity contribution in [1.82, 2.24) is 5.32 Å². The lowest BCUT2D eigenvalue weighted by atomic mass is 10.2. The number of aliphatic carboxylic acids is 1. The second kappa shape index (κ2) is 7.45. The molecule has 0 saturated heterocycles. The van der Waals surface area contributed by atoms with Gasteiger partial charge < -0.3 is 15.2 Å². The molecular formula is C15H16ClNO3S. The van der Waals surface area contributed by atoms with Gasteiger partial charge in [-0.05, 0) is 24.3 Å². The molecule has 0 unspecified atom stereocenters. The van der Waals surface area contributed by atoms with Crippen LogP contribution in [0.15, 0.2) is 30.3 Å². The Kier molecular flexibility index (Phi) is 5.61. The minimum Gasteiger partial charge on any atom is -0.496 e. The zero-order chi connectivity index (χ0) is 15.2. The van der Waals surface area contributed by atoms with Crippen molar-refractivity contribution in [3.8, 4) is 5.75 Å². The highest BCUT2D eigenvalue weighted by atomic mass is 35.5. The monoisotopic (exact) mass is 325 g/mol. The van der Waals surface area contributed by atoms with Crippen LogP contribution in [0.3, 0.4) is 0 Å².